The molecule has 0 atom stereocenters. The Bertz CT molecular complexity index is 904. The molecule has 1 aliphatic rings. The highest BCUT2D eigenvalue weighted by Gasteiger charge is 2.34. The second kappa shape index (κ2) is 8.20. The summed E-state index contributed by atoms with van der Waals surface area (Å²) in [4.78, 5) is 26.7. The van der Waals surface area contributed by atoms with Crippen LogP contribution in [0.2, 0.25) is 0 Å². The number of aliphatic hydroxyl groups is 2. The highest BCUT2D eigenvalue weighted by Crippen LogP contribution is 2.36. The van der Waals surface area contributed by atoms with Crippen molar-refractivity contribution in [1.82, 2.24) is 0 Å². The number of benzene rings is 2. The van der Waals surface area contributed by atoms with E-state index in [1.54, 1.807) is 36.4 Å². The number of hydrogen-bond donors (Lipinski definition) is 4. The van der Waals surface area contributed by atoms with Gasteiger partial charge in [-0.15, -0.1) is 0 Å². The predicted octanol–water partition coefficient (Wildman–Crippen LogP) is 3.32. The molecule has 3 rings (SSSR count). The van der Waals surface area contributed by atoms with Crippen LogP contribution in [0.3, 0.4) is 0 Å². The van der Waals surface area contributed by atoms with Gasteiger partial charge in [0, 0.05) is 59.6 Å². The van der Waals surface area contributed by atoms with Crippen molar-refractivity contribution in [3.63, 3.8) is 0 Å². The minimum atomic E-state index is -0.370. The van der Waals surface area contributed by atoms with Crippen molar-refractivity contribution in [1.29, 1.82) is 0 Å². The Morgan fingerprint density at radius 3 is 1.47 bits per heavy atom. The maximum Gasteiger partial charge on any atom is 0.198 e. The number of hydrogen-bond acceptors (Lipinski definition) is 6. The third-order valence-electron chi connectivity index (χ3n) is 5.44. The Labute approximate surface area is 177 Å². The van der Waals surface area contributed by atoms with Crippen molar-refractivity contribution < 1.29 is 19.8 Å². The average molecular weight is 411 g/mol. The molecule has 0 heterocycles. The average Bonchev–Trinajstić information content (AvgIpc) is 2.74. The fraction of sp³-hybridized carbons (Fsp3) is 0.417. The molecule has 0 saturated heterocycles. The zero-order chi connectivity index (χ0) is 22.1. The normalized spacial score (nSPS) is 13.7. The van der Waals surface area contributed by atoms with Crippen LogP contribution in [0.25, 0.3) is 0 Å². The number of rotatable bonds is 8. The van der Waals surface area contributed by atoms with E-state index in [9.17, 15) is 19.8 Å². The highest BCUT2D eigenvalue weighted by molar-refractivity contribution is 6.31. The number of carbonyl (C=O) groups excluding carboxylic acids is 2. The van der Waals surface area contributed by atoms with Gasteiger partial charge in [-0.1, -0.05) is 52.0 Å². The van der Waals surface area contributed by atoms with Crippen LogP contribution < -0.4 is 10.6 Å². The molecule has 2 aromatic rings. The monoisotopic (exact) mass is 410 g/mol. The molecule has 6 nitrogen and oxygen atoms in total. The van der Waals surface area contributed by atoms with Crippen LogP contribution in [-0.2, 0) is 0 Å². The molecule has 0 fully saturated rings. The summed E-state index contributed by atoms with van der Waals surface area (Å²) in [6, 6.07) is 10.4. The predicted molar refractivity (Wildman–Crippen MR) is 118 cm³/mol. The van der Waals surface area contributed by atoms with Gasteiger partial charge in [-0.3, -0.25) is 9.59 Å². The first-order chi connectivity index (χ1) is 14.1. The van der Waals surface area contributed by atoms with E-state index in [0.717, 1.165) is 0 Å². The van der Waals surface area contributed by atoms with E-state index >= 15 is 0 Å². The Kier molecular flexibility index (Phi) is 6.01. The van der Waals surface area contributed by atoms with Gasteiger partial charge < -0.3 is 20.8 Å². The van der Waals surface area contributed by atoms with Gasteiger partial charge in [0.05, 0.1) is 11.1 Å². The van der Waals surface area contributed by atoms with Gasteiger partial charge in [0.25, 0.3) is 0 Å². The van der Waals surface area contributed by atoms with Crippen molar-refractivity contribution in [2.45, 2.75) is 27.7 Å². The molecule has 0 spiro atoms. The van der Waals surface area contributed by atoms with Gasteiger partial charge in [-0.25, -0.2) is 0 Å². The number of aliphatic hydroxyl groups excluding tert-OH is 2. The first kappa shape index (κ1) is 22.0. The summed E-state index contributed by atoms with van der Waals surface area (Å²) in [5.41, 5.74) is 1.92. The van der Waals surface area contributed by atoms with Crippen LogP contribution in [0, 0.1) is 10.8 Å². The van der Waals surface area contributed by atoms with Gasteiger partial charge in [0.1, 0.15) is 0 Å². The fourth-order valence-electron chi connectivity index (χ4n) is 3.32. The summed E-state index contributed by atoms with van der Waals surface area (Å²) in [5.74, 6) is -0.399. The Balaban J connectivity index is 2.01. The van der Waals surface area contributed by atoms with Crippen LogP contribution in [0.4, 0.5) is 11.4 Å². The van der Waals surface area contributed by atoms with Crippen LogP contribution >= 0.6 is 0 Å². The number of ketones is 2. The van der Waals surface area contributed by atoms with Crippen molar-refractivity contribution in [3.05, 3.63) is 58.7 Å². The zero-order valence-corrected chi connectivity index (χ0v) is 18.0. The summed E-state index contributed by atoms with van der Waals surface area (Å²) in [7, 11) is 0. The molecular weight excluding hydrogens is 380 g/mol. The third kappa shape index (κ3) is 4.25. The maximum absolute atomic E-state index is 13.6. The summed E-state index contributed by atoms with van der Waals surface area (Å²) in [5, 5.41) is 25.5. The first-order valence-electron chi connectivity index (χ1n) is 10.2. The molecule has 0 amide bonds. The lowest BCUT2D eigenvalue weighted by atomic mass is 9.82. The van der Waals surface area contributed by atoms with Crippen LogP contribution in [0.15, 0.2) is 36.4 Å². The van der Waals surface area contributed by atoms with Crippen LogP contribution in [0.5, 0.6) is 0 Å². The Morgan fingerprint density at radius 2 is 1.10 bits per heavy atom. The number of carbonyl (C=O) groups is 2. The highest BCUT2D eigenvalue weighted by atomic mass is 16.3. The summed E-state index contributed by atoms with van der Waals surface area (Å²) >= 11 is 0. The number of nitrogens with one attached hydrogen (secondary N) is 2. The summed E-state index contributed by atoms with van der Waals surface area (Å²) in [6.07, 6.45) is 0. The van der Waals surface area contributed by atoms with Gasteiger partial charge in [0.15, 0.2) is 11.6 Å². The molecule has 4 N–H and O–H groups in total. The topological polar surface area (TPSA) is 98.7 Å². The molecule has 0 bridgehead atoms. The van der Waals surface area contributed by atoms with E-state index in [1.165, 1.54) is 0 Å². The molecule has 0 aliphatic heterocycles. The molecule has 30 heavy (non-hydrogen) atoms. The smallest absolute Gasteiger partial charge is 0.198 e. The molecular formula is C24H30N2O4. The van der Waals surface area contributed by atoms with E-state index in [0.29, 0.717) is 46.7 Å². The molecule has 0 unspecified atom stereocenters. The van der Waals surface area contributed by atoms with E-state index in [1.807, 2.05) is 27.7 Å². The largest absolute Gasteiger partial charge is 0.396 e. The molecule has 1 aliphatic carbocycles. The number of fused-ring (bicyclic) bond motifs is 2. The van der Waals surface area contributed by atoms with E-state index in [2.05, 4.69) is 10.6 Å². The van der Waals surface area contributed by atoms with Gasteiger partial charge in [-0.2, -0.15) is 0 Å². The molecule has 0 aromatic heterocycles. The van der Waals surface area contributed by atoms with Gasteiger partial charge >= 0.3 is 0 Å². The molecule has 6 heteroatoms. The first-order valence-corrected chi connectivity index (χ1v) is 10.2. The second-order valence-corrected chi connectivity index (χ2v) is 9.47. The Hall–Kier alpha value is -2.70. The van der Waals surface area contributed by atoms with E-state index in [4.69, 9.17) is 0 Å². The quantitative estimate of drug-likeness (QED) is 0.455. The van der Waals surface area contributed by atoms with Gasteiger partial charge in [-0.05, 0) is 12.1 Å². The van der Waals surface area contributed by atoms with E-state index in [-0.39, 0.29) is 35.6 Å². The maximum atomic E-state index is 13.6. The lowest BCUT2D eigenvalue weighted by Gasteiger charge is -2.27. The zero-order valence-electron chi connectivity index (χ0n) is 18.0. The minimum Gasteiger partial charge on any atom is -0.396 e. The van der Waals surface area contributed by atoms with Crippen LogP contribution in [-0.4, -0.2) is 48.1 Å². The van der Waals surface area contributed by atoms with Crippen molar-refractivity contribution in [3.8, 4) is 0 Å². The standard InChI is InChI=1S/C24H30N2O4/c1-23(2,13-27)11-25-17-9-5-7-15-19(17)22(30)20-16(21(15)29)8-6-10-18(20)26-12-24(3,4)14-28/h5-10,25-28H,11-14H2,1-4H3. The van der Waals surface area contributed by atoms with Crippen molar-refractivity contribution in [2.24, 2.45) is 10.8 Å². The lowest BCUT2D eigenvalue weighted by molar-refractivity contribution is 0.0980. The summed E-state index contributed by atoms with van der Waals surface area (Å²) in [6.45, 7) is 8.59. The van der Waals surface area contributed by atoms with Crippen molar-refractivity contribution >= 4 is 22.9 Å². The molecule has 160 valence electrons. The van der Waals surface area contributed by atoms with Gasteiger partial charge in [0.2, 0.25) is 0 Å². The van der Waals surface area contributed by atoms with Crippen LogP contribution in [0.1, 0.15) is 59.5 Å². The second-order valence-electron chi connectivity index (χ2n) is 9.47. The molecule has 0 radical (unpaired) electrons. The Morgan fingerprint density at radius 1 is 0.700 bits per heavy atom. The summed E-state index contributed by atoms with van der Waals surface area (Å²) < 4.78 is 0. The lowest BCUT2D eigenvalue weighted by Crippen LogP contribution is -2.30. The van der Waals surface area contributed by atoms with E-state index < -0.39 is 0 Å². The molecule has 0 saturated carbocycles. The fourth-order valence-corrected chi connectivity index (χ4v) is 3.32. The third-order valence-corrected chi connectivity index (χ3v) is 5.44. The molecule has 2 aromatic carbocycles. The number of anilines is 2. The minimum absolute atomic E-state index is 0.000550. The van der Waals surface area contributed by atoms with Crippen molar-refractivity contribution in [2.75, 3.05) is 36.9 Å². The SMILES string of the molecule is CC(C)(CO)CNc1cccc2c1C(=O)c1c(NCC(C)(C)CO)cccc1C2=O.